The summed E-state index contributed by atoms with van der Waals surface area (Å²) >= 11 is 0. The Kier molecular flexibility index (Phi) is 5.33. The lowest BCUT2D eigenvalue weighted by molar-refractivity contribution is 0.460. The van der Waals surface area contributed by atoms with Crippen LogP contribution in [0.4, 0.5) is 0 Å². The van der Waals surface area contributed by atoms with Crippen LogP contribution in [0.5, 0.6) is 17.4 Å². The minimum Gasteiger partial charge on any atom is -0.506 e. The van der Waals surface area contributed by atoms with E-state index < -0.39 is 0 Å². The van der Waals surface area contributed by atoms with Gasteiger partial charge in [-0.3, -0.25) is 4.57 Å². The standard InChI is InChI=1S/C35H29N3O2/c1-21-17-32(37-34-25(21)11-7-14-30(34)39)40-24-15-16-26-29(19-24)38(28-13-8-12-27(33(26)28)35(2,3)4)31-18-22-9-5-6-10-23(22)20-36-31/h5-20,39H,1-4H3. The topological polar surface area (TPSA) is 60.2 Å². The zero-order chi connectivity index (χ0) is 27.6. The van der Waals surface area contributed by atoms with Gasteiger partial charge in [-0.05, 0) is 59.2 Å². The lowest BCUT2D eigenvalue weighted by Crippen LogP contribution is -2.11. The molecule has 5 heteroatoms. The van der Waals surface area contributed by atoms with Gasteiger partial charge in [-0.15, -0.1) is 0 Å². The summed E-state index contributed by atoms with van der Waals surface area (Å²) in [6.45, 7) is 8.75. The molecule has 0 spiro atoms. The van der Waals surface area contributed by atoms with Crippen LogP contribution >= 0.6 is 0 Å². The van der Waals surface area contributed by atoms with Gasteiger partial charge in [0.05, 0.1) is 11.0 Å². The maximum atomic E-state index is 10.4. The predicted molar refractivity (Wildman–Crippen MR) is 163 cm³/mol. The molecule has 0 saturated carbocycles. The summed E-state index contributed by atoms with van der Waals surface area (Å²) in [5.41, 5.74) is 4.87. The summed E-state index contributed by atoms with van der Waals surface area (Å²) in [6.07, 6.45) is 1.94. The van der Waals surface area contributed by atoms with E-state index in [0.29, 0.717) is 17.1 Å². The van der Waals surface area contributed by atoms with Crippen LogP contribution < -0.4 is 4.74 Å². The van der Waals surface area contributed by atoms with E-state index in [-0.39, 0.29) is 11.2 Å². The van der Waals surface area contributed by atoms with Gasteiger partial charge in [-0.1, -0.05) is 69.3 Å². The lowest BCUT2D eigenvalue weighted by Gasteiger charge is -2.20. The van der Waals surface area contributed by atoms with E-state index in [2.05, 4.69) is 84.9 Å². The van der Waals surface area contributed by atoms with E-state index in [1.54, 1.807) is 6.07 Å². The first-order valence-electron chi connectivity index (χ1n) is 13.5. The molecule has 1 N–H and O–H groups in total. The monoisotopic (exact) mass is 523 g/mol. The van der Waals surface area contributed by atoms with Crippen LogP contribution in [0.1, 0.15) is 31.9 Å². The molecule has 0 bridgehead atoms. The molecule has 196 valence electrons. The second-order valence-electron chi connectivity index (χ2n) is 11.4. The van der Waals surface area contributed by atoms with Gasteiger partial charge in [-0.25, -0.2) is 9.97 Å². The first kappa shape index (κ1) is 24.2. The molecule has 7 aromatic rings. The van der Waals surface area contributed by atoms with Crippen LogP contribution in [-0.2, 0) is 5.41 Å². The molecule has 4 aromatic carbocycles. The molecule has 0 unspecified atom stereocenters. The number of phenols is 1. The fraction of sp³-hybridized carbons (Fsp3) is 0.143. The molecule has 0 atom stereocenters. The van der Waals surface area contributed by atoms with E-state index in [4.69, 9.17) is 9.72 Å². The summed E-state index contributed by atoms with van der Waals surface area (Å²) in [4.78, 5) is 9.52. The van der Waals surface area contributed by atoms with Gasteiger partial charge in [0, 0.05) is 39.9 Å². The number of aryl methyl sites for hydroxylation is 1. The van der Waals surface area contributed by atoms with Gasteiger partial charge in [0.15, 0.2) is 0 Å². The molecule has 0 aliphatic carbocycles. The minimum absolute atomic E-state index is 0.0425. The quantitative estimate of drug-likeness (QED) is 0.251. The summed E-state index contributed by atoms with van der Waals surface area (Å²) in [6, 6.07) is 30.5. The van der Waals surface area contributed by atoms with Crippen molar-refractivity contribution in [2.75, 3.05) is 0 Å². The number of aromatic hydroxyl groups is 1. The number of nitrogens with zero attached hydrogens (tertiary/aromatic N) is 3. The first-order chi connectivity index (χ1) is 19.3. The maximum Gasteiger partial charge on any atom is 0.220 e. The highest BCUT2D eigenvalue weighted by molar-refractivity contribution is 6.11. The van der Waals surface area contributed by atoms with Crippen molar-refractivity contribution in [3.05, 3.63) is 108 Å². The van der Waals surface area contributed by atoms with Crippen LogP contribution in [0.15, 0.2) is 97.2 Å². The van der Waals surface area contributed by atoms with Crippen molar-refractivity contribution >= 4 is 43.5 Å². The Labute approximate surface area is 232 Å². The number of fused-ring (bicyclic) bond motifs is 5. The number of phenolic OH excluding ortho intramolecular Hbond substituents is 1. The molecule has 0 amide bonds. The normalized spacial score (nSPS) is 12.1. The lowest BCUT2D eigenvalue weighted by atomic mass is 9.84. The van der Waals surface area contributed by atoms with E-state index >= 15 is 0 Å². The van der Waals surface area contributed by atoms with Crippen LogP contribution in [0.2, 0.25) is 0 Å². The molecule has 40 heavy (non-hydrogen) atoms. The molecule has 3 heterocycles. The van der Waals surface area contributed by atoms with Gasteiger partial charge >= 0.3 is 0 Å². The number of rotatable bonds is 3. The number of ether oxygens (including phenoxy) is 1. The number of hydrogen-bond donors (Lipinski definition) is 1. The van der Waals surface area contributed by atoms with Gasteiger partial charge in [0.1, 0.15) is 22.8 Å². The summed E-state index contributed by atoms with van der Waals surface area (Å²) in [5, 5.41) is 15.9. The summed E-state index contributed by atoms with van der Waals surface area (Å²) in [7, 11) is 0. The minimum atomic E-state index is -0.0425. The zero-order valence-corrected chi connectivity index (χ0v) is 22.9. The average molecular weight is 524 g/mol. The van der Waals surface area contributed by atoms with Crippen molar-refractivity contribution in [3.63, 3.8) is 0 Å². The van der Waals surface area contributed by atoms with Crippen molar-refractivity contribution in [2.45, 2.75) is 33.1 Å². The van der Waals surface area contributed by atoms with Gasteiger partial charge in [0.2, 0.25) is 5.88 Å². The van der Waals surface area contributed by atoms with Crippen LogP contribution in [0.3, 0.4) is 0 Å². The fourth-order valence-corrected chi connectivity index (χ4v) is 5.72. The highest BCUT2D eigenvalue weighted by atomic mass is 16.5. The third-order valence-electron chi connectivity index (χ3n) is 7.64. The molecule has 5 nitrogen and oxygen atoms in total. The van der Waals surface area contributed by atoms with Crippen molar-refractivity contribution in [1.82, 2.24) is 14.5 Å². The second kappa shape index (κ2) is 8.82. The maximum absolute atomic E-state index is 10.4. The summed E-state index contributed by atoms with van der Waals surface area (Å²) < 4.78 is 8.56. The Morgan fingerprint density at radius 1 is 0.775 bits per heavy atom. The van der Waals surface area contributed by atoms with E-state index in [9.17, 15) is 5.11 Å². The Morgan fingerprint density at radius 2 is 1.57 bits per heavy atom. The van der Waals surface area contributed by atoms with Crippen LogP contribution in [0, 0.1) is 6.92 Å². The number of aromatic nitrogens is 3. The Balaban J connectivity index is 1.47. The fourth-order valence-electron chi connectivity index (χ4n) is 5.72. The van der Waals surface area contributed by atoms with Crippen LogP contribution in [0.25, 0.3) is 49.3 Å². The van der Waals surface area contributed by atoms with Crippen molar-refractivity contribution in [2.24, 2.45) is 0 Å². The SMILES string of the molecule is Cc1cc(Oc2ccc3c4c(C(C)(C)C)cccc4n(-c4cc5ccccc5cn4)c3c2)nc2c(O)cccc12. The average Bonchev–Trinajstić information content (AvgIpc) is 3.26. The molecular formula is C35H29N3O2. The van der Waals surface area contributed by atoms with E-state index in [0.717, 1.165) is 44.0 Å². The largest absolute Gasteiger partial charge is 0.506 e. The molecule has 0 aliphatic heterocycles. The Bertz CT molecular complexity index is 2100. The zero-order valence-electron chi connectivity index (χ0n) is 22.9. The second-order valence-corrected chi connectivity index (χ2v) is 11.4. The van der Waals surface area contributed by atoms with Crippen LogP contribution in [-0.4, -0.2) is 19.6 Å². The molecular weight excluding hydrogens is 494 g/mol. The Morgan fingerprint density at radius 3 is 2.40 bits per heavy atom. The molecule has 7 rings (SSSR count). The van der Waals surface area contributed by atoms with Gasteiger partial charge in [0.25, 0.3) is 0 Å². The van der Waals surface area contributed by atoms with Crippen molar-refractivity contribution < 1.29 is 9.84 Å². The molecule has 3 aromatic heterocycles. The molecule has 0 fully saturated rings. The van der Waals surface area contributed by atoms with Gasteiger partial charge in [-0.2, -0.15) is 0 Å². The number of pyridine rings is 2. The number of para-hydroxylation sites is 1. The van der Waals surface area contributed by atoms with Crippen molar-refractivity contribution in [3.8, 4) is 23.2 Å². The summed E-state index contributed by atoms with van der Waals surface area (Å²) in [5.74, 6) is 2.09. The highest BCUT2D eigenvalue weighted by Crippen LogP contribution is 2.40. The first-order valence-corrected chi connectivity index (χ1v) is 13.5. The molecule has 0 aliphatic rings. The third kappa shape index (κ3) is 3.85. The molecule has 0 saturated heterocycles. The van der Waals surface area contributed by atoms with E-state index in [1.165, 1.54) is 10.9 Å². The number of benzene rings is 4. The number of hydrogen-bond acceptors (Lipinski definition) is 4. The Hall–Kier alpha value is -4.90. The van der Waals surface area contributed by atoms with Gasteiger partial charge < -0.3 is 9.84 Å². The van der Waals surface area contributed by atoms with E-state index in [1.807, 2.05) is 43.5 Å². The van der Waals surface area contributed by atoms with Crippen molar-refractivity contribution in [1.29, 1.82) is 0 Å². The highest BCUT2D eigenvalue weighted by Gasteiger charge is 2.23. The predicted octanol–water partition coefficient (Wildman–Crippen LogP) is 8.98. The smallest absolute Gasteiger partial charge is 0.220 e. The third-order valence-corrected chi connectivity index (χ3v) is 7.64. The molecule has 0 radical (unpaired) electrons.